The Bertz CT molecular complexity index is 234. The van der Waals surface area contributed by atoms with E-state index >= 15 is 0 Å². The van der Waals surface area contributed by atoms with Crippen molar-refractivity contribution in [3.8, 4) is 0 Å². The van der Waals surface area contributed by atoms with Crippen LogP contribution < -0.4 is 4.72 Å². The highest BCUT2D eigenvalue weighted by Crippen LogP contribution is 1.92. The lowest BCUT2D eigenvalue weighted by atomic mass is 10.3. The topological polar surface area (TPSA) is 66.4 Å². The van der Waals surface area contributed by atoms with Gasteiger partial charge in [-0.05, 0) is 19.8 Å². The van der Waals surface area contributed by atoms with Crippen molar-refractivity contribution in [2.24, 2.45) is 0 Å². The summed E-state index contributed by atoms with van der Waals surface area (Å²) in [4.78, 5) is 0. The van der Waals surface area contributed by atoms with Gasteiger partial charge in [0.05, 0.1) is 11.9 Å². The summed E-state index contributed by atoms with van der Waals surface area (Å²) < 4.78 is 24.7. The van der Waals surface area contributed by atoms with Crippen LogP contribution in [-0.4, -0.2) is 31.9 Å². The molecule has 0 rings (SSSR count). The normalized spacial score (nSPS) is 14.0. The first-order valence-electron chi connectivity index (χ1n) is 4.24. The summed E-state index contributed by atoms with van der Waals surface area (Å²) in [7, 11) is -3.17. The lowest BCUT2D eigenvalue weighted by molar-refractivity contribution is 0.186. The van der Waals surface area contributed by atoms with E-state index in [4.69, 9.17) is 5.11 Å². The third-order valence-corrected chi connectivity index (χ3v) is 2.89. The second kappa shape index (κ2) is 6.12. The van der Waals surface area contributed by atoms with Gasteiger partial charge in [-0.3, -0.25) is 0 Å². The minimum Gasteiger partial charge on any atom is -0.393 e. The van der Waals surface area contributed by atoms with E-state index in [0.29, 0.717) is 12.8 Å². The minimum atomic E-state index is -3.17. The zero-order chi connectivity index (χ0) is 10.3. The predicted molar refractivity (Wildman–Crippen MR) is 52.9 cm³/mol. The molecule has 0 fully saturated rings. The molecule has 0 radical (unpaired) electrons. The fraction of sp³-hybridized carbons (Fsp3) is 0.750. The Morgan fingerprint density at radius 1 is 1.62 bits per heavy atom. The number of hydrogen-bond donors (Lipinski definition) is 2. The molecule has 5 heteroatoms. The van der Waals surface area contributed by atoms with Crippen molar-refractivity contribution >= 4 is 10.0 Å². The molecule has 0 bridgehead atoms. The SMILES string of the molecule is C=CCCS(=O)(=O)NCCC(C)O. The van der Waals surface area contributed by atoms with Crippen LogP contribution >= 0.6 is 0 Å². The number of allylic oxidation sites excluding steroid dienone is 1. The number of hydrogen-bond acceptors (Lipinski definition) is 3. The molecule has 0 aromatic heterocycles. The standard InChI is InChI=1S/C8H17NO3S/c1-3-4-7-13(11,12)9-6-5-8(2)10/h3,8-10H,1,4-7H2,2H3. The molecular formula is C8H17NO3S. The molecule has 4 nitrogen and oxygen atoms in total. The Morgan fingerprint density at radius 2 is 2.23 bits per heavy atom. The smallest absolute Gasteiger partial charge is 0.211 e. The van der Waals surface area contributed by atoms with Gasteiger partial charge in [0, 0.05) is 6.54 Å². The number of aliphatic hydroxyl groups excluding tert-OH is 1. The van der Waals surface area contributed by atoms with Gasteiger partial charge in [-0.1, -0.05) is 6.08 Å². The van der Waals surface area contributed by atoms with Crippen LogP contribution in [0.3, 0.4) is 0 Å². The van der Waals surface area contributed by atoms with Crippen molar-refractivity contribution in [2.45, 2.75) is 25.9 Å². The largest absolute Gasteiger partial charge is 0.393 e. The molecule has 0 heterocycles. The number of rotatable bonds is 7. The zero-order valence-electron chi connectivity index (χ0n) is 7.86. The molecule has 0 aromatic carbocycles. The van der Waals surface area contributed by atoms with Crippen LogP contribution in [0.1, 0.15) is 19.8 Å². The van der Waals surface area contributed by atoms with Crippen LogP contribution in [-0.2, 0) is 10.0 Å². The van der Waals surface area contributed by atoms with Crippen molar-refractivity contribution < 1.29 is 13.5 Å². The Morgan fingerprint density at radius 3 is 2.69 bits per heavy atom. The van der Waals surface area contributed by atoms with Crippen molar-refractivity contribution in [2.75, 3.05) is 12.3 Å². The van der Waals surface area contributed by atoms with Crippen LogP contribution in [0.5, 0.6) is 0 Å². The van der Waals surface area contributed by atoms with Crippen molar-refractivity contribution in [3.05, 3.63) is 12.7 Å². The maximum Gasteiger partial charge on any atom is 0.211 e. The van der Waals surface area contributed by atoms with E-state index < -0.39 is 16.1 Å². The second-order valence-electron chi connectivity index (χ2n) is 2.93. The lowest BCUT2D eigenvalue weighted by Crippen LogP contribution is -2.28. The molecule has 1 unspecified atom stereocenters. The molecular weight excluding hydrogens is 190 g/mol. The quantitative estimate of drug-likeness (QED) is 0.588. The van der Waals surface area contributed by atoms with E-state index in [1.54, 1.807) is 13.0 Å². The number of nitrogens with one attached hydrogen (secondary N) is 1. The van der Waals surface area contributed by atoms with Gasteiger partial charge < -0.3 is 5.11 Å². The molecule has 0 aliphatic heterocycles. The highest BCUT2D eigenvalue weighted by Gasteiger charge is 2.07. The van der Waals surface area contributed by atoms with Gasteiger partial charge >= 0.3 is 0 Å². The summed E-state index contributed by atoms with van der Waals surface area (Å²) >= 11 is 0. The Balaban J connectivity index is 3.70. The molecule has 0 saturated heterocycles. The molecule has 0 saturated carbocycles. The first-order valence-corrected chi connectivity index (χ1v) is 5.89. The molecule has 0 spiro atoms. The highest BCUT2D eigenvalue weighted by atomic mass is 32.2. The molecule has 0 aromatic rings. The van der Waals surface area contributed by atoms with Crippen LogP contribution in [0.25, 0.3) is 0 Å². The molecule has 78 valence electrons. The zero-order valence-corrected chi connectivity index (χ0v) is 8.68. The average Bonchev–Trinajstić information content (AvgIpc) is 2.00. The van der Waals surface area contributed by atoms with Crippen LogP contribution in [0.4, 0.5) is 0 Å². The molecule has 2 N–H and O–H groups in total. The van der Waals surface area contributed by atoms with Gasteiger partial charge in [0.15, 0.2) is 0 Å². The third-order valence-electron chi connectivity index (χ3n) is 1.47. The Hall–Kier alpha value is -0.390. The fourth-order valence-electron chi connectivity index (χ4n) is 0.734. The van der Waals surface area contributed by atoms with Gasteiger partial charge in [-0.2, -0.15) is 0 Å². The Labute approximate surface area is 79.7 Å². The van der Waals surface area contributed by atoms with Crippen molar-refractivity contribution in [1.82, 2.24) is 4.72 Å². The lowest BCUT2D eigenvalue weighted by Gasteiger charge is -2.06. The van der Waals surface area contributed by atoms with E-state index in [1.807, 2.05) is 0 Å². The predicted octanol–water partition coefficient (Wildman–Crippen LogP) is 0.253. The van der Waals surface area contributed by atoms with Crippen LogP contribution in [0, 0.1) is 0 Å². The molecule has 1 atom stereocenters. The molecule has 0 aliphatic carbocycles. The minimum absolute atomic E-state index is 0.0658. The summed E-state index contributed by atoms with van der Waals surface area (Å²) in [5.41, 5.74) is 0. The van der Waals surface area contributed by atoms with E-state index in [9.17, 15) is 8.42 Å². The second-order valence-corrected chi connectivity index (χ2v) is 4.85. The van der Waals surface area contributed by atoms with Gasteiger partial charge in [0.25, 0.3) is 0 Å². The van der Waals surface area contributed by atoms with Crippen molar-refractivity contribution in [3.63, 3.8) is 0 Å². The molecule has 0 aliphatic rings. The summed E-state index contributed by atoms with van der Waals surface area (Å²) in [5, 5.41) is 8.87. The van der Waals surface area contributed by atoms with Crippen LogP contribution in [0.2, 0.25) is 0 Å². The summed E-state index contributed by atoms with van der Waals surface area (Å²) in [6, 6.07) is 0. The van der Waals surface area contributed by atoms with Gasteiger partial charge in [0.1, 0.15) is 0 Å². The number of sulfonamides is 1. The van der Waals surface area contributed by atoms with Gasteiger partial charge in [-0.15, -0.1) is 6.58 Å². The summed E-state index contributed by atoms with van der Waals surface area (Å²) in [6.07, 6.45) is 1.98. The molecule has 0 amide bonds. The fourth-order valence-corrected chi connectivity index (χ4v) is 1.78. The van der Waals surface area contributed by atoms with E-state index in [2.05, 4.69) is 11.3 Å². The summed E-state index contributed by atoms with van der Waals surface area (Å²) in [5.74, 6) is 0.0658. The third kappa shape index (κ3) is 7.95. The van der Waals surface area contributed by atoms with E-state index in [-0.39, 0.29) is 12.3 Å². The molecule has 13 heavy (non-hydrogen) atoms. The Kier molecular flexibility index (Phi) is 5.94. The first-order chi connectivity index (χ1) is 5.98. The summed E-state index contributed by atoms with van der Waals surface area (Å²) in [6.45, 7) is 5.35. The van der Waals surface area contributed by atoms with Crippen LogP contribution in [0.15, 0.2) is 12.7 Å². The highest BCUT2D eigenvalue weighted by molar-refractivity contribution is 7.89. The van der Waals surface area contributed by atoms with Crippen molar-refractivity contribution in [1.29, 1.82) is 0 Å². The maximum atomic E-state index is 11.1. The van der Waals surface area contributed by atoms with Gasteiger partial charge in [0.2, 0.25) is 10.0 Å². The monoisotopic (exact) mass is 207 g/mol. The maximum absolute atomic E-state index is 11.1. The first kappa shape index (κ1) is 12.6. The van der Waals surface area contributed by atoms with E-state index in [1.165, 1.54) is 0 Å². The van der Waals surface area contributed by atoms with E-state index in [0.717, 1.165) is 0 Å². The average molecular weight is 207 g/mol. The van der Waals surface area contributed by atoms with Gasteiger partial charge in [-0.25, -0.2) is 13.1 Å². The number of aliphatic hydroxyl groups is 1.